The minimum Gasteiger partial charge on any atom is -0.401 e. The van der Waals surface area contributed by atoms with Crippen molar-refractivity contribution < 1.29 is 13.6 Å². The Morgan fingerprint density at radius 3 is 2.63 bits per heavy atom. The van der Waals surface area contributed by atoms with Crippen molar-refractivity contribution in [1.82, 2.24) is 0 Å². The molecule has 0 amide bonds. The van der Waals surface area contributed by atoms with Crippen LogP contribution in [0.3, 0.4) is 0 Å². The first-order valence-corrected chi connectivity index (χ1v) is 6.37. The van der Waals surface area contributed by atoms with Crippen molar-refractivity contribution in [2.75, 3.05) is 0 Å². The van der Waals surface area contributed by atoms with Crippen LogP contribution < -0.4 is 5.73 Å². The Balaban J connectivity index is 2.99. The third kappa shape index (κ3) is 4.63. The summed E-state index contributed by atoms with van der Waals surface area (Å²) in [6, 6.07) is 6.95. The standard InChI is InChI=1S/C14H16ClF2NO/c1-2-4-11(13(19)14(16)17)12(18)8-9-5-3-6-10(15)7-9/h3,5-7,14H,2,4,8,18H2,1H3/b12-11-. The van der Waals surface area contributed by atoms with Crippen molar-refractivity contribution in [2.24, 2.45) is 5.73 Å². The Morgan fingerprint density at radius 1 is 1.42 bits per heavy atom. The number of benzene rings is 1. The smallest absolute Gasteiger partial charge is 0.300 e. The van der Waals surface area contributed by atoms with Crippen LogP contribution in [0.2, 0.25) is 5.02 Å². The molecule has 2 N–H and O–H groups in total. The number of rotatable bonds is 6. The average molecular weight is 288 g/mol. The molecule has 0 aliphatic carbocycles. The van der Waals surface area contributed by atoms with Crippen LogP contribution in [0.15, 0.2) is 35.5 Å². The molecule has 1 rings (SSSR count). The van der Waals surface area contributed by atoms with Crippen LogP contribution in [0.5, 0.6) is 0 Å². The Morgan fingerprint density at radius 2 is 2.11 bits per heavy atom. The molecule has 2 nitrogen and oxygen atoms in total. The van der Waals surface area contributed by atoms with Gasteiger partial charge in [0.15, 0.2) is 0 Å². The Kier molecular flexibility index (Phi) is 5.96. The normalized spacial score (nSPS) is 12.5. The zero-order chi connectivity index (χ0) is 14.4. The largest absolute Gasteiger partial charge is 0.401 e. The van der Waals surface area contributed by atoms with E-state index in [4.69, 9.17) is 17.3 Å². The van der Waals surface area contributed by atoms with E-state index in [0.29, 0.717) is 11.4 Å². The average Bonchev–Trinajstić information content (AvgIpc) is 2.34. The van der Waals surface area contributed by atoms with Crippen LogP contribution >= 0.6 is 11.6 Å². The molecule has 1 aromatic rings. The number of hydrogen-bond donors (Lipinski definition) is 1. The molecule has 0 atom stereocenters. The second-order valence-corrected chi connectivity index (χ2v) is 4.66. The highest BCUT2D eigenvalue weighted by molar-refractivity contribution is 6.30. The maximum Gasteiger partial charge on any atom is 0.300 e. The molecular weight excluding hydrogens is 272 g/mol. The molecule has 5 heteroatoms. The zero-order valence-corrected chi connectivity index (χ0v) is 11.4. The maximum atomic E-state index is 12.5. The monoisotopic (exact) mass is 287 g/mol. The van der Waals surface area contributed by atoms with Gasteiger partial charge < -0.3 is 5.73 Å². The number of carbonyl (C=O) groups is 1. The number of carbonyl (C=O) groups excluding carboxylic acids is 1. The molecule has 0 bridgehead atoms. The number of nitrogens with two attached hydrogens (primary N) is 1. The lowest BCUT2D eigenvalue weighted by molar-refractivity contribution is -0.125. The SMILES string of the molecule is CCC/C(C(=O)C(F)F)=C(/N)Cc1cccc(Cl)c1. The summed E-state index contributed by atoms with van der Waals surface area (Å²) in [5.74, 6) is -1.18. The maximum absolute atomic E-state index is 12.5. The van der Waals surface area contributed by atoms with Gasteiger partial charge in [-0.3, -0.25) is 4.79 Å². The third-order valence-electron chi connectivity index (χ3n) is 2.67. The second kappa shape index (κ2) is 7.24. The number of alkyl halides is 2. The minimum absolute atomic E-state index is 0.0254. The van der Waals surface area contributed by atoms with E-state index in [-0.39, 0.29) is 24.1 Å². The van der Waals surface area contributed by atoms with Crippen molar-refractivity contribution in [2.45, 2.75) is 32.6 Å². The predicted molar refractivity (Wildman–Crippen MR) is 72.3 cm³/mol. The summed E-state index contributed by atoms with van der Waals surface area (Å²) < 4.78 is 25.0. The van der Waals surface area contributed by atoms with Crippen LogP contribution in [-0.4, -0.2) is 12.2 Å². The van der Waals surface area contributed by atoms with Gasteiger partial charge in [-0.1, -0.05) is 37.1 Å². The molecule has 1 aromatic carbocycles. The van der Waals surface area contributed by atoms with E-state index in [1.807, 2.05) is 6.92 Å². The number of allylic oxidation sites excluding steroid dienone is 2. The van der Waals surface area contributed by atoms with E-state index in [9.17, 15) is 13.6 Å². The molecule has 0 aromatic heterocycles. The molecule has 0 saturated carbocycles. The van der Waals surface area contributed by atoms with Gasteiger partial charge >= 0.3 is 0 Å². The van der Waals surface area contributed by atoms with Gasteiger partial charge in [0.25, 0.3) is 6.43 Å². The van der Waals surface area contributed by atoms with Gasteiger partial charge in [-0.2, -0.15) is 0 Å². The Hall–Kier alpha value is -1.42. The zero-order valence-electron chi connectivity index (χ0n) is 10.6. The van der Waals surface area contributed by atoms with Gasteiger partial charge in [-0.25, -0.2) is 8.78 Å². The van der Waals surface area contributed by atoms with Crippen molar-refractivity contribution in [3.05, 3.63) is 46.1 Å². The van der Waals surface area contributed by atoms with E-state index < -0.39 is 12.2 Å². The van der Waals surface area contributed by atoms with E-state index in [0.717, 1.165) is 5.56 Å². The summed E-state index contributed by atoms with van der Waals surface area (Å²) in [7, 11) is 0. The van der Waals surface area contributed by atoms with Crippen LogP contribution in [0.4, 0.5) is 8.78 Å². The topological polar surface area (TPSA) is 43.1 Å². The quantitative estimate of drug-likeness (QED) is 0.810. The van der Waals surface area contributed by atoms with Crippen LogP contribution in [0.1, 0.15) is 25.3 Å². The van der Waals surface area contributed by atoms with E-state index in [1.54, 1.807) is 24.3 Å². The molecule has 0 aliphatic heterocycles. The van der Waals surface area contributed by atoms with Crippen LogP contribution in [0, 0.1) is 0 Å². The highest BCUT2D eigenvalue weighted by atomic mass is 35.5. The molecule has 0 aliphatic rings. The first-order valence-electron chi connectivity index (χ1n) is 6.00. The lowest BCUT2D eigenvalue weighted by Gasteiger charge is -2.10. The number of ketones is 1. The molecule has 104 valence electrons. The van der Waals surface area contributed by atoms with Crippen molar-refractivity contribution in [1.29, 1.82) is 0 Å². The summed E-state index contributed by atoms with van der Waals surface area (Å²) in [6.45, 7) is 1.81. The number of halogens is 3. The van der Waals surface area contributed by atoms with Gasteiger partial charge in [0, 0.05) is 22.7 Å². The van der Waals surface area contributed by atoms with Gasteiger partial charge in [0.05, 0.1) is 0 Å². The summed E-state index contributed by atoms with van der Waals surface area (Å²) in [5.41, 5.74) is 6.81. The van der Waals surface area contributed by atoms with Crippen LogP contribution in [0.25, 0.3) is 0 Å². The first kappa shape index (κ1) is 15.6. The minimum atomic E-state index is -3.01. The summed E-state index contributed by atoms with van der Waals surface area (Å²) in [6.07, 6.45) is -1.92. The van der Waals surface area contributed by atoms with Crippen molar-refractivity contribution >= 4 is 17.4 Å². The van der Waals surface area contributed by atoms with Crippen molar-refractivity contribution in [3.63, 3.8) is 0 Å². The molecule has 0 saturated heterocycles. The summed E-state index contributed by atoms with van der Waals surface area (Å²) in [4.78, 5) is 11.4. The predicted octanol–water partition coefficient (Wildman–Crippen LogP) is 3.73. The van der Waals surface area contributed by atoms with Gasteiger partial charge in [-0.15, -0.1) is 0 Å². The Bertz CT molecular complexity index is 486. The molecule has 0 radical (unpaired) electrons. The lowest BCUT2D eigenvalue weighted by Crippen LogP contribution is -2.19. The lowest BCUT2D eigenvalue weighted by atomic mass is 9.99. The molecule has 0 fully saturated rings. The van der Waals surface area contributed by atoms with Gasteiger partial charge in [0.2, 0.25) is 5.78 Å². The Labute approximate surface area is 116 Å². The summed E-state index contributed by atoms with van der Waals surface area (Å²) >= 11 is 5.84. The fourth-order valence-corrected chi connectivity index (χ4v) is 2.01. The highest BCUT2D eigenvalue weighted by Crippen LogP contribution is 2.18. The molecule has 0 spiro atoms. The van der Waals surface area contributed by atoms with Crippen LogP contribution in [-0.2, 0) is 11.2 Å². The highest BCUT2D eigenvalue weighted by Gasteiger charge is 2.22. The molecule has 0 heterocycles. The summed E-state index contributed by atoms with van der Waals surface area (Å²) in [5, 5.41) is 0.544. The molecular formula is C14H16ClF2NO. The van der Waals surface area contributed by atoms with Gasteiger partial charge in [0.1, 0.15) is 0 Å². The molecule has 0 unspecified atom stereocenters. The number of hydrogen-bond acceptors (Lipinski definition) is 2. The fraction of sp³-hybridized carbons (Fsp3) is 0.357. The van der Waals surface area contributed by atoms with Crippen molar-refractivity contribution in [3.8, 4) is 0 Å². The second-order valence-electron chi connectivity index (χ2n) is 4.23. The van der Waals surface area contributed by atoms with E-state index in [1.165, 1.54) is 0 Å². The third-order valence-corrected chi connectivity index (χ3v) is 2.90. The van der Waals surface area contributed by atoms with E-state index in [2.05, 4.69) is 0 Å². The number of Topliss-reactive ketones (excluding diaryl/α,β-unsaturated/α-hetero) is 1. The fourth-order valence-electron chi connectivity index (χ4n) is 1.80. The van der Waals surface area contributed by atoms with E-state index >= 15 is 0 Å². The van der Waals surface area contributed by atoms with Gasteiger partial charge in [-0.05, 0) is 24.1 Å². The molecule has 19 heavy (non-hydrogen) atoms. The first-order chi connectivity index (χ1) is 8.95.